The summed E-state index contributed by atoms with van der Waals surface area (Å²) in [5.41, 5.74) is 2.61. The normalized spacial score (nSPS) is 10.7. The van der Waals surface area contributed by atoms with Crippen LogP contribution in [0.2, 0.25) is 0 Å². The Kier molecular flexibility index (Phi) is 5.20. The molecule has 0 saturated carbocycles. The number of rotatable bonds is 6. The molecule has 5 heteroatoms. The van der Waals surface area contributed by atoms with Crippen LogP contribution < -0.4 is 14.8 Å². The molecule has 0 aliphatic rings. The van der Waals surface area contributed by atoms with E-state index in [4.69, 9.17) is 13.9 Å². The maximum Gasteiger partial charge on any atom is 0.260 e. The van der Waals surface area contributed by atoms with Crippen LogP contribution in [-0.2, 0) is 0 Å². The Bertz CT molecular complexity index is 1130. The molecule has 0 spiro atoms. The smallest absolute Gasteiger partial charge is 0.260 e. The lowest BCUT2D eigenvalue weighted by atomic mass is 10.0. The molecule has 0 aliphatic carbocycles. The van der Waals surface area contributed by atoms with Gasteiger partial charge in [0.05, 0.1) is 19.3 Å². The van der Waals surface area contributed by atoms with Crippen LogP contribution in [0.25, 0.3) is 22.3 Å². The van der Waals surface area contributed by atoms with E-state index in [1.54, 1.807) is 7.11 Å². The first-order chi connectivity index (χ1) is 14.2. The SMILES string of the molecule is CCOc1ccc(NC(=O)c2c(-c3ccccc3)oc3ccc(OC)cc23)cc1. The van der Waals surface area contributed by atoms with Crippen molar-refractivity contribution in [3.05, 3.63) is 78.4 Å². The molecule has 4 aromatic rings. The molecule has 1 amide bonds. The number of carbonyl (C=O) groups excluding carboxylic acids is 1. The Labute approximate surface area is 168 Å². The second-order valence-corrected chi connectivity index (χ2v) is 6.45. The van der Waals surface area contributed by atoms with Crippen molar-refractivity contribution in [2.75, 3.05) is 19.0 Å². The zero-order valence-electron chi connectivity index (χ0n) is 16.3. The van der Waals surface area contributed by atoms with E-state index in [9.17, 15) is 4.79 Å². The monoisotopic (exact) mass is 387 g/mol. The summed E-state index contributed by atoms with van der Waals surface area (Å²) in [5, 5.41) is 3.66. The maximum atomic E-state index is 13.3. The number of hydrogen-bond acceptors (Lipinski definition) is 4. The van der Waals surface area contributed by atoms with Gasteiger partial charge in [-0.1, -0.05) is 30.3 Å². The summed E-state index contributed by atoms with van der Waals surface area (Å²) in [6, 6.07) is 22.3. The van der Waals surface area contributed by atoms with Crippen molar-refractivity contribution in [2.24, 2.45) is 0 Å². The third-order valence-electron chi connectivity index (χ3n) is 4.58. The zero-order valence-corrected chi connectivity index (χ0v) is 16.3. The van der Waals surface area contributed by atoms with E-state index in [0.29, 0.717) is 40.3 Å². The van der Waals surface area contributed by atoms with Gasteiger partial charge in [0, 0.05) is 16.6 Å². The first-order valence-corrected chi connectivity index (χ1v) is 9.39. The number of carbonyl (C=O) groups is 1. The highest BCUT2D eigenvalue weighted by molar-refractivity contribution is 6.16. The molecule has 29 heavy (non-hydrogen) atoms. The van der Waals surface area contributed by atoms with Crippen LogP contribution in [0.4, 0.5) is 5.69 Å². The summed E-state index contributed by atoms with van der Waals surface area (Å²) in [5.74, 6) is 1.69. The van der Waals surface area contributed by atoms with E-state index in [0.717, 1.165) is 11.3 Å². The van der Waals surface area contributed by atoms with Gasteiger partial charge in [-0.2, -0.15) is 0 Å². The molecule has 1 aromatic heterocycles. The molecular weight excluding hydrogens is 366 g/mol. The molecule has 0 radical (unpaired) electrons. The van der Waals surface area contributed by atoms with Gasteiger partial charge in [0.1, 0.15) is 22.8 Å². The number of nitrogens with one attached hydrogen (secondary N) is 1. The van der Waals surface area contributed by atoms with Crippen molar-refractivity contribution in [3.8, 4) is 22.8 Å². The number of ether oxygens (including phenoxy) is 2. The van der Waals surface area contributed by atoms with Crippen LogP contribution in [0.15, 0.2) is 77.2 Å². The van der Waals surface area contributed by atoms with Gasteiger partial charge in [-0.3, -0.25) is 4.79 Å². The summed E-state index contributed by atoms with van der Waals surface area (Å²) in [4.78, 5) is 13.3. The van der Waals surface area contributed by atoms with E-state index in [-0.39, 0.29) is 5.91 Å². The fourth-order valence-corrected chi connectivity index (χ4v) is 3.22. The third-order valence-corrected chi connectivity index (χ3v) is 4.58. The Morgan fingerprint density at radius 3 is 2.38 bits per heavy atom. The fraction of sp³-hybridized carbons (Fsp3) is 0.125. The molecular formula is C24H21NO4. The summed E-state index contributed by atoms with van der Waals surface area (Å²) in [6.07, 6.45) is 0. The second-order valence-electron chi connectivity index (χ2n) is 6.45. The first-order valence-electron chi connectivity index (χ1n) is 9.39. The number of anilines is 1. The van der Waals surface area contributed by atoms with E-state index < -0.39 is 0 Å². The average molecular weight is 387 g/mol. The minimum Gasteiger partial charge on any atom is -0.497 e. The lowest BCUT2D eigenvalue weighted by Gasteiger charge is -2.08. The summed E-state index contributed by atoms with van der Waals surface area (Å²) < 4.78 is 16.9. The molecule has 146 valence electrons. The minimum atomic E-state index is -0.250. The Morgan fingerprint density at radius 1 is 0.966 bits per heavy atom. The van der Waals surface area contributed by atoms with Crippen LogP contribution in [0, 0.1) is 0 Å². The number of hydrogen-bond donors (Lipinski definition) is 1. The second kappa shape index (κ2) is 8.10. The van der Waals surface area contributed by atoms with Gasteiger partial charge in [-0.15, -0.1) is 0 Å². The lowest BCUT2D eigenvalue weighted by molar-refractivity contribution is 0.102. The van der Waals surface area contributed by atoms with Crippen molar-refractivity contribution >= 4 is 22.6 Å². The number of amides is 1. The van der Waals surface area contributed by atoms with Gasteiger partial charge in [0.25, 0.3) is 5.91 Å². The molecule has 1 N–H and O–H groups in total. The zero-order chi connectivity index (χ0) is 20.2. The van der Waals surface area contributed by atoms with Crippen LogP contribution >= 0.6 is 0 Å². The van der Waals surface area contributed by atoms with Gasteiger partial charge in [0.2, 0.25) is 0 Å². The lowest BCUT2D eigenvalue weighted by Crippen LogP contribution is -2.12. The fourth-order valence-electron chi connectivity index (χ4n) is 3.22. The van der Waals surface area contributed by atoms with Crippen molar-refractivity contribution in [3.63, 3.8) is 0 Å². The maximum absolute atomic E-state index is 13.3. The quantitative estimate of drug-likeness (QED) is 0.457. The highest BCUT2D eigenvalue weighted by atomic mass is 16.5. The van der Waals surface area contributed by atoms with Crippen LogP contribution in [0.1, 0.15) is 17.3 Å². The van der Waals surface area contributed by atoms with Crippen LogP contribution in [0.3, 0.4) is 0 Å². The predicted molar refractivity (Wildman–Crippen MR) is 114 cm³/mol. The van der Waals surface area contributed by atoms with Crippen molar-refractivity contribution in [2.45, 2.75) is 6.92 Å². The molecule has 0 fully saturated rings. The molecule has 3 aromatic carbocycles. The molecule has 4 rings (SSSR count). The Balaban J connectivity index is 1.76. The highest BCUT2D eigenvalue weighted by Crippen LogP contribution is 2.36. The third kappa shape index (κ3) is 3.80. The first kappa shape index (κ1) is 18.6. The summed E-state index contributed by atoms with van der Waals surface area (Å²) in [6.45, 7) is 2.52. The summed E-state index contributed by atoms with van der Waals surface area (Å²) >= 11 is 0. The van der Waals surface area contributed by atoms with E-state index >= 15 is 0 Å². The molecule has 0 saturated heterocycles. The number of fused-ring (bicyclic) bond motifs is 1. The molecule has 1 heterocycles. The van der Waals surface area contributed by atoms with Gasteiger partial charge >= 0.3 is 0 Å². The van der Waals surface area contributed by atoms with E-state index in [2.05, 4.69) is 5.32 Å². The number of furan rings is 1. The van der Waals surface area contributed by atoms with Crippen LogP contribution in [0.5, 0.6) is 11.5 Å². The predicted octanol–water partition coefficient (Wildman–Crippen LogP) is 5.76. The topological polar surface area (TPSA) is 60.7 Å². The van der Waals surface area contributed by atoms with Gasteiger partial charge in [-0.05, 0) is 49.4 Å². The minimum absolute atomic E-state index is 0.250. The van der Waals surface area contributed by atoms with Gasteiger partial charge < -0.3 is 19.2 Å². The number of methoxy groups -OCH3 is 1. The Hall–Kier alpha value is -3.73. The van der Waals surface area contributed by atoms with Crippen LogP contribution in [-0.4, -0.2) is 19.6 Å². The van der Waals surface area contributed by atoms with Gasteiger partial charge in [0.15, 0.2) is 0 Å². The molecule has 0 atom stereocenters. The standard InChI is InChI=1S/C24H21NO4/c1-3-28-18-11-9-17(10-12-18)25-24(26)22-20-15-19(27-2)13-14-21(20)29-23(22)16-7-5-4-6-8-16/h4-15H,3H2,1-2H3,(H,25,26). The largest absolute Gasteiger partial charge is 0.497 e. The molecule has 0 bridgehead atoms. The highest BCUT2D eigenvalue weighted by Gasteiger charge is 2.22. The van der Waals surface area contributed by atoms with E-state index in [1.165, 1.54) is 0 Å². The van der Waals surface area contributed by atoms with Crippen molar-refractivity contribution in [1.29, 1.82) is 0 Å². The Morgan fingerprint density at radius 2 is 1.69 bits per heavy atom. The van der Waals surface area contributed by atoms with Crippen molar-refractivity contribution < 1.29 is 18.7 Å². The molecule has 5 nitrogen and oxygen atoms in total. The van der Waals surface area contributed by atoms with E-state index in [1.807, 2.05) is 79.7 Å². The molecule has 0 aliphatic heterocycles. The van der Waals surface area contributed by atoms with Crippen molar-refractivity contribution in [1.82, 2.24) is 0 Å². The molecule has 0 unspecified atom stereocenters. The number of benzene rings is 3. The van der Waals surface area contributed by atoms with Gasteiger partial charge in [-0.25, -0.2) is 0 Å². The average Bonchev–Trinajstić information content (AvgIpc) is 3.14. The summed E-state index contributed by atoms with van der Waals surface area (Å²) in [7, 11) is 1.60.